The van der Waals surface area contributed by atoms with Crippen LogP contribution in [-0.2, 0) is 4.79 Å². The van der Waals surface area contributed by atoms with Crippen molar-refractivity contribution >= 4 is 23.5 Å². The highest BCUT2D eigenvalue weighted by Gasteiger charge is 2.10. The molecule has 1 aromatic rings. The summed E-state index contributed by atoms with van der Waals surface area (Å²) in [6.45, 7) is 0.518. The number of carbonyl (C=O) groups is 2. The van der Waals surface area contributed by atoms with Gasteiger partial charge in [0.25, 0.3) is 5.91 Å². The maximum absolute atomic E-state index is 11.8. The standard InChI is InChI=1S/C15H20ClNO4.C3H9N/c16-11-7-8-13(18)12(10-11)15(21)17-9-5-3-1-2-4-6-14(19)20;1-4(2)3/h7-8,10,18H,1-6,9H2,(H,17,21)(H,19,20);1-3H3. The van der Waals surface area contributed by atoms with Gasteiger partial charge in [-0.3, -0.25) is 9.59 Å². The number of aliphatic carboxylic acids is 1. The molecule has 142 valence electrons. The fourth-order valence-corrected chi connectivity index (χ4v) is 2.09. The van der Waals surface area contributed by atoms with Gasteiger partial charge in [-0.25, -0.2) is 0 Å². The van der Waals surface area contributed by atoms with Crippen LogP contribution < -0.4 is 5.32 Å². The predicted octanol–water partition coefficient (Wildman–Crippen LogP) is 3.38. The van der Waals surface area contributed by atoms with Crippen LogP contribution in [0, 0.1) is 0 Å². The first-order chi connectivity index (χ1) is 11.7. The number of aromatic hydroxyl groups is 1. The summed E-state index contributed by atoms with van der Waals surface area (Å²) in [6, 6.07) is 4.34. The molecule has 3 N–H and O–H groups in total. The molecule has 0 spiro atoms. The van der Waals surface area contributed by atoms with Gasteiger partial charge in [0.05, 0.1) is 5.56 Å². The lowest BCUT2D eigenvalue weighted by Gasteiger charge is -2.07. The van der Waals surface area contributed by atoms with Crippen LogP contribution in [0.1, 0.15) is 48.9 Å². The number of carboxylic acids is 1. The van der Waals surface area contributed by atoms with Gasteiger partial charge in [-0.05, 0) is 52.2 Å². The summed E-state index contributed by atoms with van der Waals surface area (Å²) >= 11 is 5.78. The minimum Gasteiger partial charge on any atom is -0.507 e. The minimum absolute atomic E-state index is 0.0921. The molecule has 0 aliphatic heterocycles. The van der Waals surface area contributed by atoms with Crippen molar-refractivity contribution < 1.29 is 19.8 Å². The van der Waals surface area contributed by atoms with Crippen molar-refractivity contribution in [2.24, 2.45) is 0 Å². The lowest BCUT2D eigenvalue weighted by atomic mass is 10.1. The number of benzene rings is 1. The maximum atomic E-state index is 11.8. The molecule has 0 radical (unpaired) electrons. The Hall–Kier alpha value is -1.79. The number of carboxylic acid groups (broad SMARTS) is 1. The Balaban J connectivity index is 0.00000129. The van der Waals surface area contributed by atoms with Crippen LogP contribution in [0.3, 0.4) is 0 Å². The Morgan fingerprint density at radius 2 is 1.64 bits per heavy atom. The average Bonchev–Trinajstić information content (AvgIpc) is 2.51. The number of hydrogen-bond acceptors (Lipinski definition) is 4. The smallest absolute Gasteiger partial charge is 0.303 e. The first-order valence-electron chi connectivity index (χ1n) is 8.33. The van der Waals surface area contributed by atoms with Gasteiger partial charge in [-0.2, -0.15) is 0 Å². The molecule has 0 aromatic heterocycles. The highest BCUT2D eigenvalue weighted by atomic mass is 35.5. The second kappa shape index (κ2) is 13.5. The molecule has 0 aliphatic rings. The van der Waals surface area contributed by atoms with E-state index < -0.39 is 5.97 Å². The zero-order valence-corrected chi connectivity index (χ0v) is 16.0. The number of phenolic OH excluding ortho intramolecular Hbond substituents is 1. The number of amides is 1. The van der Waals surface area contributed by atoms with Gasteiger partial charge in [0, 0.05) is 18.0 Å². The van der Waals surface area contributed by atoms with Crippen molar-refractivity contribution in [1.82, 2.24) is 10.2 Å². The Morgan fingerprint density at radius 1 is 1.08 bits per heavy atom. The number of halogens is 1. The molecule has 0 saturated heterocycles. The molecule has 1 rings (SSSR count). The number of nitrogens with zero attached hydrogens (tertiary/aromatic N) is 1. The van der Waals surface area contributed by atoms with Crippen LogP contribution in [0.25, 0.3) is 0 Å². The monoisotopic (exact) mass is 372 g/mol. The second-order valence-corrected chi connectivity index (χ2v) is 6.61. The molecule has 7 heteroatoms. The largest absolute Gasteiger partial charge is 0.507 e. The van der Waals surface area contributed by atoms with E-state index in [0.717, 1.165) is 25.7 Å². The molecule has 6 nitrogen and oxygen atoms in total. The highest BCUT2D eigenvalue weighted by Crippen LogP contribution is 2.21. The number of phenols is 1. The molecular weight excluding hydrogens is 344 g/mol. The molecule has 0 bridgehead atoms. The normalized spacial score (nSPS) is 10.1. The third-order valence-electron chi connectivity index (χ3n) is 3.06. The minimum atomic E-state index is -0.761. The van der Waals surface area contributed by atoms with E-state index in [1.54, 1.807) is 0 Å². The lowest BCUT2D eigenvalue weighted by Crippen LogP contribution is -2.24. The molecule has 1 aromatic carbocycles. The zero-order chi connectivity index (χ0) is 19.2. The van der Waals surface area contributed by atoms with Crippen molar-refractivity contribution in [2.75, 3.05) is 27.7 Å². The van der Waals surface area contributed by atoms with Gasteiger partial charge in [-0.15, -0.1) is 0 Å². The molecular formula is C18H29ClN2O4. The Kier molecular flexibility index (Phi) is 12.5. The van der Waals surface area contributed by atoms with Crippen LogP contribution in [0.4, 0.5) is 0 Å². The SMILES string of the molecule is CN(C)C.O=C(O)CCCCCCCNC(=O)c1cc(Cl)ccc1O. The van der Waals surface area contributed by atoms with Crippen molar-refractivity contribution in [3.8, 4) is 5.75 Å². The molecule has 0 saturated carbocycles. The highest BCUT2D eigenvalue weighted by molar-refractivity contribution is 6.31. The van der Waals surface area contributed by atoms with Gasteiger partial charge in [-0.1, -0.05) is 30.9 Å². The van der Waals surface area contributed by atoms with E-state index in [0.29, 0.717) is 18.0 Å². The van der Waals surface area contributed by atoms with Crippen molar-refractivity contribution in [3.63, 3.8) is 0 Å². The molecule has 0 heterocycles. The molecule has 0 fully saturated rings. The van der Waals surface area contributed by atoms with Gasteiger partial charge in [0.15, 0.2) is 0 Å². The molecule has 0 atom stereocenters. The topological polar surface area (TPSA) is 89.9 Å². The lowest BCUT2D eigenvalue weighted by molar-refractivity contribution is -0.137. The Morgan fingerprint density at radius 3 is 2.24 bits per heavy atom. The van der Waals surface area contributed by atoms with Gasteiger partial charge < -0.3 is 20.4 Å². The summed E-state index contributed by atoms with van der Waals surface area (Å²) in [6.07, 6.45) is 4.49. The maximum Gasteiger partial charge on any atom is 0.303 e. The van der Waals surface area contributed by atoms with Crippen LogP contribution in [-0.4, -0.2) is 54.7 Å². The first kappa shape index (κ1) is 23.2. The molecule has 0 unspecified atom stereocenters. The molecule has 0 aliphatic carbocycles. The molecule has 1 amide bonds. The number of hydrogen-bond donors (Lipinski definition) is 3. The van der Waals surface area contributed by atoms with Crippen molar-refractivity contribution in [2.45, 2.75) is 38.5 Å². The number of carbonyl (C=O) groups excluding carboxylic acids is 1. The van der Waals surface area contributed by atoms with Gasteiger partial charge >= 0.3 is 5.97 Å². The van der Waals surface area contributed by atoms with E-state index in [1.807, 2.05) is 26.0 Å². The second-order valence-electron chi connectivity index (χ2n) is 6.17. The van der Waals surface area contributed by atoms with Crippen LogP contribution in [0.15, 0.2) is 18.2 Å². The number of rotatable bonds is 9. The third kappa shape index (κ3) is 13.2. The summed E-state index contributed by atoms with van der Waals surface area (Å²) in [5.41, 5.74) is 0.170. The Labute approximate surface area is 154 Å². The van der Waals surface area contributed by atoms with E-state index in [1.165, 1.54) is 18.2 Å². The van der Waals surface area contributed by atoms with E-state index in [-0.39, 0.29) is 23.6 Å². The quantitative estimate of drug-likeness (QED) is 0.578. The average molecular weight is 373 g/mol. The fourth-order valence-electron chi connectivity index (χ4n) is 1.92. The van der Waals surface area contributed by atoms with E-state index in [4.69, 9.17) is 16.7 Å². The van der Waals surface area contributed by atoms with E-state index in [9.17, 15) is 14.7 Å². The molecule has 25 heavy (non-hydrogen) atoms. The predicted molar refractivity (Wildman–Crippen MR) is 100 cm³/mol. The van der Waals surface area contributed by atoms with Crippen LogP contribution in [0.2, 0.25) is 5.02 Å². The van der Waals surface area contributed by atoms with E-state index >= 15 is 0 Å². The summed E-state index contributed by atoms with van der Waals surface area (Å²) in [5, 5.41) is 21.2. The van der Waals surface area contributed by atoms with Crippen LogP contribution >= 0.6 is 11.6 Å². The summed E-state index contributed by atoms with van der Waals surface area (Å²) in [7, 11) is 6.00. The third-order valence-corrected chi connectivity index (χ3v) is 3.29. The fraction of sp³-hybridized carbons (Fsp3) is 0.556. The zero-order valence-electron chi connectivity index (χ0n) is 15.2. The summed E-state index contributed by atoms with van der Waals surface area (Å²) < 4.78 is 0. The summed E-state index contributed by atoms with van der Waals surface area (Å²) in [4.78, 5) is 24.2. The Bertz CT molecular complexity index is 533. The van der Waals surface area contributed by atoms with Crippen molar-refractivity contribution in [1.29, 1.82) is 0 Å². The number of unbranched alkanes of at least 4 members (excludes halogenated alkanes) is 4. The van der Waals surface area contributed by atoms with Crippen molar-refractivity contribution in [3.05, 3.63) is 28.8 Å². The van der Waals surface area contributed by atoms with Crippen LogP contribution in [0.5, 0.6) is 5.75 Å². The van der Waals surface area contributed by atoms with Gasteiger partial charge in [0.2, 0.25) is 0 Å². The summed E-state index contributed by atoms with van der Waals surface area (Å²) in [5.74, 6) is -1.20. The van der Waals surface area contributed by atoms with E-state index in [2.05, 4.69) is 5.32 Å². The number of nitrogens with one attached hydrogen (secondary N) is 1. The van der Waals surface area contributed by atoms with Gasteiger partial charge in [0.1, 0.15) is 5.75 Å². The first-order valence-corrected chi connectivity index (χ1v) is 8.71.